The first kappa shape index (κ1) is 68.4. The number of methoxy groups -OCH3 is 2. The third-order valence-corrected chi connectivity index (χ3v) is 15.4. The summed E-state index contributed by atoms with van der Waals surface area (Å²) in [6.07, 6.45) is 50.1. The van der Waals surface area contributed by atoms with Gasteiger partial charge in [0.2, 0.25) is 0 Å². The molecule has 0 heterocycles. The predicted molar refractivity (Wildman–Crippen MR) is 300 cm³/mol. The minimum Gasteiger partial charge on any atom is -0.469 e. The van der Waals surface area contributed by atoms with Crippen molar-refractivity contribution in [3.63, 3.8) is 0 Å². The van der Waals surface area contributed by atoms with Crippen molar-refractivity contribution in [2.45, 2.75) is 277 Å². The van der Waals surface area contributed by atoms with Crippen LogP contribution in [0.15, 0.2) is 0 Å². The number of carbonyl (C=O) groups excluding carboxylic acids is 3. The summed E-state index contributed by atoms with van der Waals surface area (Å²) in [5.41, 5.74) is 0. The fraction of sp³-hybridized carbons (Fsp3) is 0.952. The largest absolute Gasteiger partial charge is 0.469 e. The third kappa shape index (κ3) is 45.8. The molecular weight excluding hydrogens is 903 g/mol. The molecule has 0 aliphatic heterocycles. The molecule has 0 radical (unpaired) electrons. The van der Waals surface area contributed by atoms with Gasteiger partial charge in [-0.1, -0.05) is 206 Å². The average molecular weight is 1020 g/mol. The number of ketones is 1. The summed E-state index contributed by atoms with van der Waals surface area (Å²) in [5.74, 6) is 3.92. The lowest BCUT2D eigenvalue weighted by Crippen LogP contribution is -2.37. The number of ether oxygens (including phenoxy) is 6. The maximum atomic E-state index is 11.8. The minimum absolute atomic E-state index is 0.0629. The van der Waals surface area contributed by atoms with Crippen LogP contribution in [0.5, 0.6) is 0 Å². The van der Waals surface area contributed by atoms with E-state index in [1.165, 1.54) is 226 Å². The third-order valence-electron chi connectivity index (χ3n) is 15.4. The van der Waals surface area contributed by atoms with Gasteiger partial charge in [0.15, 0.2) is 5.78 Å². The smallest absolute Gasteiger partial charge is 0.305 e. The summed E-state index contributed by atoms with van der Waals surface area (Å²) in [6, 6.07) is 0.359. The van der Waals surface area contributed by atoms with Gasteiger partial charge in [-0.2, -0.15) is 0 Å². The molecule has 10 heteroatoms. The zero-order valence-electron chi connectivity index (χ0n) is 48.4. The van der Waals surface area contributed by atoms with Crippen LogP contribution in [0.3, 0.4) is 0 Å². The van der Waals surface area contributed by atoms with E-state index in [9.17, 15) is 14.4 Å². The number of esters is 2. The monoisotopic (exact) mass is 1020 g/mol. The lowest BCUT2D eigenvalue weighted by Gasteiger charge is -2.24. The van der Waals surface area contributed by atoms with Gasteiger partial charge in [-0.15, -0.1) is 0 Å². The van der Waals surface area contributed by atoms with E-state index in [-0.39, 0.29) is 30.9 Å². The Morgan fingerprint density at radius 3 is 0.972 bits per heavy atom. The predicted octanol–water partition coefficient (Wildman–Crippen LogP) is 16.0. The Kier molecular flexibility index (Phi) is 49.0. The molecule has 426 valence electrons. The maximum absolute atomic E-state index is 11.8. The molecule has 0 N–H and O–H groups in total. The lowest BCUT2D eigenvalue weighted by molar-refractivity contribution is -0.141. The van der Waals surface area contributed by atoms with Gasteiger partial charge in [-0.3, -0.25) is 14.4 Å². The van der Waals surface area contributed by atoms with Crippen LogP contribution in [-0.2, 0) is 42.8 Å². The number of Topliss-reactive ketones (excluding diaryl/α,β-unsaturated/α-hetero) is 1. The lowest BCUT2D eigenvalue weighted by atomic mass is 10.0. The SMILES string of the molecule is CCCCCCCCOCC(=O)COCCCCCCCCC1CC1CCCCCCC(=O)OC.CCCCCCCCOCC(COCCCCCCCCC1CC1CCCCCCC(=O)OC)N(C)C. The molecule has 0 aromatic carbocycles. The Bertz CT molecular complexity index is 1200. The van der Waals surface area contributed by atoms with Crippen LogP contribution in [0.25, 0.3) is 0 Å². The minimum atomic E-state index is -0.0767. The average Bonchev–Trinajstić information content (AvgIpc) is 4.32. The molecule has 2 rings (SSSR count). The second kappa shape index (κ2) is 51.5. The van der Waals surface area contributed by atoms with Crippen molar-refractivity contribution in [3.05, 3.63) is 0 Å². The van der Waals surface area contributed by atoms with E-state index in [0.29, 0.717) is 32.1 Å². The number of unbranched alkanes of at least 4 members (excludes halogenated alkanes) is 26. The van der Waals surface area contributed by atoms with E-state index < -0.39 is 0 Å². The Morgan fingerprint density at radius 1 is 0.389 bits per heavy atom. The molecule has 0 bridgehead atoms. The summed E-state index contributed by atoms with van der Waals surface area (Å²) in [6.45, 7) is 9.61. The van der Waals surface area contributed by atoms with Gasteiger partial charge in [0.1, 0.15) is 13.2 Å². The molecule has 2 fully saturated rings. The molecule has 2 saturated carbocycles. The van der Waals surface area contributed by atoms with Crippen LogP contribution in [0.1, 0.15) is 271 Å². The van der Waals surface area contributed by atoms with E-state index in [2.05, 4.69) is 37.6 Å². The summed E-state index contributed by atoms with van der Waals surface area (Å²) >= 11 is 0. The van der Waals surface area contributed by atoms with Crippen LogP contribution < -0.4 is 0 Å². The quantitative estimate of drug-likeness (QED) is 0.0431. The van der Waals surface area contributed by atoms with E-state index in [4.69, 9.17) is 23.7 Å². The van der Waals surface area contributed by atoms with Crippen molar-refractivity contribution in [3.8, 4) is 0 Å². The first-order valence-electron chi connectivity index (χ1n) is 30.9. The zero-order chi connectivity index (χ0) is 52.4. The number of likely N-dealkylation sites (N-methyl/N-ethyl adjacent to an activating group) is 1. The molecule has 0 spiro atoms. The molecule has 2 aliphatic rings. The van der Waals surface area contributed by atoms with Gasteiger partial charge in [0.25, 0.3) is 0 Å². The molecule has 0 saturated heterocycles. The standard InChI is InChI=1S/C32H63NO4.C30H56O5/c1-5-6-7-8-14-19-24-36-27-31(33(2)3)28-37-25-20-15-10-9-11-16-21-29-26-30(29)22-17-12-13-18-23-32(34)35-4;1-3-4-5-6-12-17-22-34-25-29(31)26-35-23-18-13-8-7-9-14-19-27-24-28(27)20-15-10-11-16-21-30(32)33-2/h29-31H,5-28H2,1-4H3;27-28H,3-26H2,1-2H3. The Hall–Kier alpha value is -1.59. The molecule has 0 aromatic rings. The van der Waals surface area contributed by atoms with Crippen molar-refractivity contribution in [1.82, 2.24) is 4.90 Å². The first-order chi connectivity index (χ1) is 35.2. The fourth-order valence-electron chi connectivity index (χ4n) is 10.1. The number of nitrogens with zero attached hydrogens (tertiary/aromatic N) is 1. The van der Waals surface area contributed by atoms with Crippen LogP contribution in [0.2, 0.25) is 0 Å². The summed E-state index contributed by atoms with van der Waals surface area (Å²) in [5, 5.41) is 0. The fourth-order valence-corrected chi connectivity index (χ4v) is 10.1. The van der Waals surface area contributed by atoms with Crippen molar-refractivity contribution >= 4 is 17.7 Å². The molecule has 5 unspecified atom stereocenters. The van der Waals surface area contributed by atoms with E-state index in [1.54, 1.807) is 0 Å². The van der Waals surface area contributed by atoms with E-state index >= 15 is 0 Å². The van der Waals surface area contributed by atoms with Gasteiger partial charge >= 0.3 is 11.9 Å². The Morgan fingerprint density at radius 2 is 0.667 bits per heavy atom. The van der Waals surface area contributed by atoms with Crippen LogP contribution in [-0.4, -0.2) is 110 Å². The van der Waals surface area contributed by atoms with Crippen molar-refractivity contribution in [2.24, 2.45) is 23.7 Å². The number of carbonyl (C=O) groups is 3. The molecule has 10 nitrogen and oxygen atoms in total. The van der Waals surface area contributed by atoms with Crippen LogP contribution in [0, 0.1) is 23.7 Å². The molecular formula is C62H119NO9. The van der Waals surface area contributed by atoms with Gasteiger partial charge < -0.3 is 33.3 Å². The highest BCUT2D eigenvalue weighted by molar-refractivity contribution is 5.80. The highest BCUT2D eigenvalue weighted by atomic mass is 16.5. The van der Waals surface area contributed by atoms with E-state index in [1.807, 2.05) is 0 Å². The van der Waals surface area contributed by atoms with Crippen LogP contribution in [0.4, 0.5) is 0 Å². The number of hydrogen-bond donors (Lipinski definition) is 0. The summed E-state index contributed by atoms with van der Waals surface area (Å²) < 4.78 is 32.3. The van der Waals surface area contributed by atoms with Crippen molar-refractivity contribution in [2.75, 3.05) is 81.2 Å². The van der Waals surface area contributed by atoms with Gasteiger partial charge in [0, 0.05) is 39.3 Å². The Labute approximate surface area is 445 Å². The van der Waals surface area contributed by atoms with E-state index in [0.717, 1.165) is 82.2 Å². The molecule has 0 amide bonds. The normalized spacial score (nSPS) is 17.4. The molecule has 72 heavy (non-hydrogen) atoms. The second-order valence-electron chi connectivity index (χ2n) is 22.3. The van der Waals surface area contributed by atoms with Crippen molar-refractivity contribution in [1.29, 1.82) is 0 Å². The zero-order valence-corrected chi connectivity index (χ0v) is 48.4. The Balaban J connectivity index is 0.000000721. The highest BCUT2D eigenvalue weighted by Gasteiger charge is 2.35. The molecule has 0 aromatic heterocycles. The molecule has 2 aliphatic carbocycles. The second-order valence-corrected chi connectivity index (χ2v) is 22.3. The number of rotatable bonds is 55. The van der Waals surface area contributed by atoms with Gasteiger partial charge in [-0.05, 0) is 89.1 Å². The maximum Gasteiger partial charge on any atom is 0.305 e. The molecule has 5 atom stereocenters. The summed E-state index contributed by atoms with van der Waals surface area (Å²) in [4.78, 5) is 36.2. The van der Waals surface area contributed by atoms with Gasteiger partial charge in [0.05, 0.1) is 33.5 Å². The highest BCUT2D eigenvalue weighted by Crippen LogP contribution is 2.46. The first-order valence-corrected chi connectivity index (χ1v) is 30.9. The number of hydrogen-bond acceptors (Lipinski definition) is 10. The summed E-state index contributed by atoms with van der Waals surface area (Å²) in [7, 11) is 7.19. The topological polar surface area (TPSA) is 110 Å². The van der Waals surface area contributed by atoms with Crippen molar-refractivity contribution < 1.29 is 42.8 Å². The van der Waals surface area contributed by atoms with Crippen LogP contribution >= 0.6 is 0 Å². The van der Waals surface area contributed by atoms with Gasteiger partial charge in [-0.25, -0.2) is 0 Å².